The first-order chi connectivity index (χ1) is 38.6. The molecule has 0 aliphatic carbocycles. The maximum atomic E-state index is 12.9. The van der Waals surface area contributed by atoms with Crippen molar-refractivity contribution in [2.24, 2.45) is 0 Å². The number of ether oxygens (including phenoxy) is 4. The number of hydrogen-bond acceptors (Lipinski definition) is 7. The van der Waals surface area contributed by atoms with Crippen molar-refractivity contribution in [3.05, 3.63) is 97.2 Å². The molecule has 9 nitrogen and oxygen atoms in total. The Balaban J connectivity index is 4.07. The fourth-order valence-corrected chi connectivity index (χ4v) is 8.87. The van der Waals surface area contributed by atoms with Crippen molar-refractivity contribution < 1.29 is 42.9 Å². The van der Waals surface area contributed by atoms with E-state index in [4.69, 9.17) is 18.9 Å². The lowest BCUT2D eigenvalue weighted by Gasteiger charge is -2.25. The van der Waals surface area contributed by atoms with Crippen molar-refractivity contribution >= 4 is 17.9 Å². The Labute approximate surface area is 486 Å². The fourth-order valence-electron chi connectivity index (χ4n) is 8.87. The van der Waals surface area contributed by atoms with Gasteiger partial charge in [0, 0.05) is 12.8 Å². The van der Waals surface area contributed by atoms with Crippen LogP contribution >= 0.6 is 0 Å². The van der Waals surface area contributed by atoms with Crippen molar-refractivity contribution in [3.8, 4) is 0 Å². The predicted molar refractivity (Wildman–Crippen MR) is 336 cm³/mol. The maximum absolute atomic E-state index is 12.9. The zero-order valence-electron chi connectivity index (χ0n) is 51.8. The van der Waals surface area contributed by atoms with Gasteiger partial charge in [0.1, 0.15) is 13.2 Å². The smallest absolute Gasteiger partial charge is 0.361 e. The molecule has 2 atom stereocenters. The summed E-state index contributed by atoms with van der Waals surface area (Å²) >= 11 is 0. The van der Waals surface area contributed by atoms with Crippen molar-refractivity contribution in [3.63, 3.8) is 0 Å². The zero-order valence-corrected chi connectivity index (χ0v) is 51.8. The first-order valence-electron chi connectivity index (χ1n) is 32.4. The van der Waals surface area contributed by atoms with Crippen LogP contribution in [-0.4, -0.2) is 87.4 Å². The van der Waals surface area contributed by atoms with E-state index < -0.39 is 24.3 Å². The van der Waals surface area contributed by atoms with Crippen LogP contribution in [0.1, 0.15) is 271 Å². The molecule has 0 fully saturated rings. The third-order valence-electron chi connectivity index (χ3n) is 13.8. The number of allylic oxidation sites excluding steroid dienone is 16. The molecular weight excluding hydrogens is 983 g/mol. The zero-order chi connectivity index (χ0) is 57.6. The molecule has 454 valence electrons. The van der Waals surface area contributed by atoms with Crippen LogP contribution in [-0.2, 0) is 33.3 Å². The molecular formula is C70H122NO8+. The minimum absolute atomic E-state index is 0.184. The van der Waals surface area contributed by atoms with Gasteiger partial charge in [0.2, 0.25) is 0 Å². The molecule has 0 aliphatic heterocycles. The van der Waals surface area contributed by atoms with E-state index in [0.29, 0.717) is 17.4 Å². The van der Waals surface area contributed by atoms with E-state index in [2.05, 4.69) is 111 Å². The molecule has 0 spiro atoms. The van der Waals surface area contributed by atoms with Crippen LogP contribution < -0.4 is 0 Å². The third-order valence-corrected chi connectivity index (χ3v) is 13.8. The number of nitrogens with zero attached hydrogens (tertiary/aromatic N) is 1. The summed E-state index contributed by atoms with van der Waals surface area (Å²) in [5.74, 6) is -2.01. The van der Waals surface area contributed by atoms with Crippen LogP contribution in [0, 0.1) is 0 Å². The second-order valence-electron chi connectivity index (χ2n) is 22.7. The normalized spacial score (nSPS) is 13.4. The van der Waals surface area contributed by atoms with Gasteiger partial charge in [-0.2, -0.15) is 0 Å². The summed E-state index contributed by atoms with van der Waals surface area (Å²) in [6.45, 7) is 4.74. The summed E-state index contributed by atoms with van der Waals surface area (Å²) in [6.07, 6.45) is 79.4. The monoisotopic (exact) mass is 1100 g/mol. The average molecular weight is 1110 g/mol. The topological polar surface area (TPSA) is 108 Å². The number of hydrogen-bond donors (Lipinski definition) is 1. The molecule has 0 saturated carbocycles. The number of esters is 2. The van der Waals surface area contributed by atoms with Gasteiger partial charge in [0.25, 0.3) is 6.29 Å². The number of carboxylic acid groups (broad SMARTS) is 1. The number of carboxylic acids is 1. The van der Waals surface area contributed by atoms with Gasteiger partial charge in [-0.25, -0.2) is 4.79 Å². The fraction of sp³-hybridized carbons (Fsp3) is 0.729. The average Bonchev–Trinajstić information content (AvgIpc) is 3.42. The second kappa shape index (κ2) is 60.3. The standard InChI is InChI=1S/C70H121NO8/c1-6-8-10-12-14-16-18-20-22-24-25-26-27-28-29-30-31-32-33-34-35-36-37-38-39-40-41-42-43-45-47-49-51-53-55-57-59-61-68(73)79-66(65-78-70(69(74)75)76-63-62-71(3,4)5)64-77-67(72)60-58-56-54-52-50-48-46-44-23-21-19-17-15-13-11-9-7-2/h8,10,14-17,20-23,25-26,28-29,31-32,66,70H,6-7,9,11-13,18-19,24,27,30,33-65H2,1-5H3/p+1/b10-8-,16-14-,17-15-,22-20-,23-21-,26-25-,29-28-,32-31-. The highest BCUT2D eigenvalue weighted by Crippen LogP contribution is 2.17. The second-order valence-corrected chi connectivity index (χ2v) is 22.7. The van der Waals surface area contributed by atoms with E-state index in [1.165, 1.54) is 148 Å². The number of likely N-dealkylation sites (N-methyl/N-ethyl adjacent to an activating group) is 1. The summed E-state index contributed by atoms with van der Waals surface area (Å²) in [7, 11) is 5.97. The molecule has 0 aromatic carbocycles. The quantitative estimate of drug-likeness (QED) is 0.0211. The van der Waals surface area contributed by atoms with E-state index >= 15 is 0 Å². The summed E-state index contributed by atoms with van der Waals surface area (Å²) < 4.78 is 22.9. The largest absolute Gasteiger partial charge is 0.477 e. The Kier molecular flexibility index (Phi) is 57.4. The van der Waals surface area contributed by atoms with E-state index in [9.17, 15) is 19.5 Å². The van der Waals surface area contributed by atoms with Gasteiger partial charge in [0.05, 0.1) is 34.4 Å². The van der Waals surface area contributed by atoms with E-state index in [0.717, 1.165) is 96.3 Å². The molecule has 9 heteroatoms. The Bertz CT molecular complexity index is 1620. The van der Waals surface area contributed by atoms with Crippen molar-refractivity contribution in [1.82, 2.24) is 0 Å². The SMILES string of the molecule is CC/C=C\C/C=C\C/C=C\C/C=C\C/C=C\C/C=C\CCCCCCCCCCCCCCCCCCCCC(=O)OC(COC(=O)CCCCCCCCC/C=C\C/C=C\CCCCC)COC(OCC[N+](C)(C)C)C(=O)O. The number of carbonyl (C=O) groups is 3. The number of unbranched alkanes of at least 4 members (excludes halogenated alkanes) is 28. The summed E-state index contributed by atoms with van der Waals surface area (Å²) in [4.78, 5) is 37.5. The Morgan fingerprint density at radius 1 is 0.392 bits per heavy atom. The molecule has 0 heterocycles. The number of quaternary nitrogens is 1. The highest BCUT2D eigenvalue weighted by Gasteiger charge is 2.25. The minimum Gasteiger partial charge on any atom is -0.477 e. The lowest BCUT2D eigenvalue weighted by Crippen LogP contribution is -2.40. The molecule has 1 N–H and O–H groups in total. The van der Waals surface area contributed by atoms with Gasteiger partial charge in [0.15, 0.2) is 6.10 Å². The van der Waals surface area contributed by atoms with Crippen LogP contribution in [0.3, 0.4) is 0 Å². The molecule has 0 aliphatic rings. The lowest BCUT2D eigenvalue weighted by atomic mass is 10.0. The first kappa shape index (κ1) is 75.2. The molecule has 0 aromatic rings. The minimum atomic E-state index is -1.51. The Hall–Kier alpha value is -3.79. The molecule has 0 bridgehead atoms. The third kappa shape index (κ3) is 61.7. The highest BCUT2D eigenvalue weighted by atomic mass is 16.7. The van der Waals surface area contributed by atoms with Gasteiger partial charge in [-0.05, 0) is 96.3 Å². The van der Waals surface area contributed by atoms with Crippen molar-refractivity contribution in [1.29, 1.82) is 0 Å². The highest BCUT2D eigenvalue weighted by molar-refractivity contribution is 5.71. The number of rotatable bonds is 59. The molecule has 79 heavy (non-hydrogen) atoms. The van der Waals surface area contributed by atoms with E-state index in [1.54, 1.807) is 0 Å². The van der Waals surface area contributed by atoms with Crippen LogP contribution in [0.15, 0.2) is 97.2 Å². The molecule has 0 aromatic heterocycles. The predicted octanol–water partition coefficient (Wildman–Crippen LogP) is 19.7. The van der Waals surface area contributed by atoms with Gasteiger partial charge in [-0.15, -0.1) is 0 Å². The molecule has 0 rings (SSSR count). The Morgan fingerprint density at radius 2 is 0.722 bits per heavy atom. The number of carbonyl (C=O) groups excluding carboxylic acids is 2. The van der Waals surface area contributed by atoms with Crippen LogP contribution in [0.2, 0.25) is 0 Å². The molecule has 2 unspecified atom stereocenters. The maximum Gasteiger partial charge on any atom is 0.361 e. The van der Waals surface area contributed by atoms with Gasteiger partial charge in [-0.1, -0.05) is 259 Å². The van der Waals surface area contributed by atoms with Gasteiger partial charge >= 0.3 is 17.9 Å². The Morgan fingerprint density at radius 3 is 1.08 bits per heavy atom. The molecule has 0 radical (unpaired) electrons. The van der Waals surface area contributed by atoms with Crippen LogP contribution in [0.5, 0.6) is 0 Å². The summed E-state index contributed by atoms with van der Waals surface area (Å²) in [5.41, 5.74) is 0. The van der Waals surface area contributed by atoms with Crippen LogP contribution in [0.25, 0.3) is 0 Å². The van der Waals surface area contributed by atoms with Gasteiger partial charge < -0.3 is 28.5 Å². The number of aliphatic carboxylic acids is 1. The van der Waals surface area contributed by atoms with E-state index in [-0.39, 0.29) is 32.2 Å². The van der Waals surface area contributed by atoms with Crippen molar-refractivity contribution in [2.45, 2.75) is 283 Å². The summed E-state index contributed by atoms with van der Waals surface area (Å²) in [5, 5.41) is 9.72. The molecule has 0 amide bonds. The lowest BCUT2D eigenvalue weighted by molar-refractivity contribution is -0.870. The van der Waals surface area contributed by atoms with Crippen molar-refractivity contribution in [2.75, 3.05) is 47.5 Å². The van der Waals surface area contributed by atoms with Gasteiger partial charge in [-0.3, -0.25) is 9.59 Å². The summed E-state index contributed by atoms with van der Waals surface area (Å²) in [6, 6.07) is 0. The molecule has 0 saturated heterocycles. The first-order valence-corrected chi connectivity index (χ1v) is 32.4. The van der Waals surface area contributed by atoms with E-state index in [1.807, 2.05) is 21.1 Å². The van der Waals surface area contributed by atoms with Crippen LogP contribution in [0.4, 0.5) is 0 Å².